The molecule has 5 heteroatoms. The molecule has 1 aromatic carbocycles. The second-order valence-electron chi connectivity index (χ2n) is 4.35. The number of hydrogen-bond donors (Lipinski definition) is 1. The Hall–Kier alpha value is -2.40. The molecule has 0 spiro atoms. The number of carboxylic acid groups (broad SMARTS) is 1. The zero-order valence-corrected chi connectivity index (χ0v) is 11.1. The summed E-state index contributed by atoms with van der Waals surface area (Å²) in [6.45, 7) is 0. The van der Waals surface area contributed by atoms with Crippen LogP contribution >= 0.6 is 11.3 Å². The number of carboxylic acids is 1. The SMILES string of the molecule is O=C(O)Cc1ccc2oc(-c3cccs3)cc(=O)c2c1. The Morgan fingerprint density at radius 3 is 2.80 bits per heavy atom. The summed E-state index contributed by atoms with van der Waals surface area (Å²) in [5.74, 6) is -0.396. The summed E-state index contributed by atoms with van der Waals surface area (Å²) in [5, 5.41) is 11.1. The molecular formula is C15H10O4S. The van der Waals surface area contributed by atoms with Gasteiger partial charge in [-0.2, -0.15) is 0 Å². The van der Waals surface area contributed by atoms with Crippen molar-refractivity contribution >= 4 is 28.3 Å². The summed E-state index contributed by atoms with van der Waals surface area (Å²) in [4.78, 5) is 23.7. The number of carbonyl (C=O) groups is 1. The van der Waals surface area contributed by atoms with Crippen molar-refractivity contribution in [2.75, 3.05) is 0 Å². The van der Waals surface area contributed by atoms with E-state index in [0.717, 1.165) is 4.88 Å². The van der Waals surface area contributed by atoms with E-state index in [2.05, 4.69) is 0 Å². The van der Waals surface area contributed by atoms with E-state index >= 15 is 0 Å². The largest absolute Gasteiger partial charge is 0.481 e. The summed E-state index contributed by atoms with van der Waals surface area (Å²) in [5.41, 5.74) is 0.887. The lowest BCUT2D eigenvalue weighted by Gasteiger charge is -2.03. The van der Waals surface area contributed by atoms with Crippen molar-refractivity contribution in [1.82, 2.24) is 0 Å². The van der Waals surface area contributed by atoms with E-state index in [0.29, 0.717) is 22.3 Å². The maximum atomic E-state index is 12.1. The minimum absolute atomic E-state index is 0.109. The van der Waals surface area contributed by atoms with Crippen molar-refractivity contribution in [3.63, 3.8) is 0 Å². The zero-order chi connectivity index (χ0) is 14.1. The maximum Gasteiger partial charge on any atom is 0.307 e. The molecular weight excluding hydrogens is 276 g/mol. The van der Waals surface area contributed by atoms with Crippen LogP contribution in [0.5, 0.6) is 0 Å². The fraction of sp³-hybridized carbons (Fsp3) is 0.0667. The Balaban J connectivity index is 2.14. The average Bonchev–Trinajstić information content (AvgIpc) is 2.92. The van der Waals surface area contributed by atoms with Crippen LogP contribution in [0.3, 0.4) is 0 Å². The summed E-state index contributed by atoms with van der Waals surface area (Å²) < 4.78 is 5.71. The lowest BCUT2D eigenvalue weighted by molar-refractivity contribution is -0.136. The highest BCUT2D eigenvalue weighted by Gasteiger charge is 2.09. The number of rotatable bonds is 3. The van der Waals surface area contributed by atoms with Gasteiger partial charge in [0.05, 0.1) is 16.7 Å². The number of hydrogen-bond acceptors (Lipinski definition) is 4. The number of thiophene rings is 1. The monoisotopic (exact) mass is 286 g/mol. The molecule has 1 N–H and O–H groups in total. The van der Waals surface area contributed by atoms with Gasteiger partial charge in [-0.05, 0) is 29.1 Å². The summed E-state index contributed by atoms with van der Waals surface area (Å²) in [6, 6.07) is 10.1. The Kier molecular flexibility index (Phi) is 3.12. The topological polar surface area (TPSA) is 67.5 Å². The highest BCUT2D eigenvalue weighted by molar-refractivity contribution is 7.13. The fourth-order valence-electron chi connectivity index (χ4n) is 2.03. The first-order valence-electron chi connectivity index (χ1n) is 5.96. The molecule has 0 aliphatic rings. The first-order valence-corrected chi connectivity index (χ1v) is 6.84. The van der Waals surface area contributed by atoms with Crippen molar-refractivity contribution < 1.29 is 14.3 Å². The summed E-state index contributed by atoms with van der Waals surface area (Å²) in [7, 11) is 0. The smallest absolute Gasteiger partial charge is 0.307 e. The molecule has 0 radical (unpaired) electrons. The molecule has 4 nitrogen and oxygen atoms in total. The summed E-state index contributed by atoms with van der Waals surface area (Å²) in [6.07, 6.45) is -0.109. The molecule has 0 saturated carbocycles. The van der Waals surface area contributed by atoms with Crippen LogP contribution in [0.1, 0.15) is 5.56 Å². The highest BCUT2D eigenvalue weighted by atomic mass is 32.1. The van der Waals surface area contributed by atoms with Crippen LogP contribution < -0.4 is 5.43 Å². The van der Waals surface area contributed by atoms with Gasteiger partial charge in [-0.1, -0.05) is 12.1 Å². The third kappa shape index (κ3) is 2.35. The van der Waals surface area contributed by atoms with Crippen LogP contribution in [0.15, 0.2) is 51.0 Å². The maximum absolute atomic E-state index is 12.1. The van der Waals surface area contributed by atoms with E-state index in [-0.39, 0.29) is 11.8 Å². The molecule has 0 bridgehead atoms. The van der Waals surface area contributed by atoms with Gasteiger partial charge < -0.3 is 9.52 Å². The van der Waals surface area contributed by atoms with Crippen LogP contribution in [0.4, 0.5) is 0 Å². The Morgan fingerprint density at radius 2 is 2.10 bits per heavy atom. The minimum atomic E-state index is -0.927. The van der Waals surface area contributed by atoms with Gasteiger partial charge in [-0.15, -0.1) is 11.3 Å². The van der Waals surface area contributed by atoms with Crippen LogP contribution in [-0.4, -0.2) is 11.1 Å². The third-order valence-corrected chi connectivity index (χ3v) is 3.80. The first kappa shape index (κ1) is 12.6. The van der Waals surface area contributed by atoms with Crippen molar-refractivity contribution in [2.45, 2.75) is 6.42 Å². The molecule has 0 amide bonds. The lowest BCUT2D eigenvalue weighted by atomic mass is 10.1. The molecule has 3 aromatic rings. The van der Waals surface area contributed by atoms with E-state index < -0.39 is 5.97 Å². The molecule has 2 aromatic heterocycles. The molecule has 0 unspecified atom stereocenters. The van der Waals surface area contributed by atoms with E-state index in [9.17, 15) is 9.59 Å². The Morgan fingerprint density at radius 1 is 1.25 bits per heavy atom. The second kappa shape index (κ2) is 4.94. The molecule has 100 valence electrons. The Labute approximate surface area is 117 Å². The molecule has 3 rings (SSSR count). The molecule has 0 aliphatic heterocycles. The fourth-order valence-corrected chi connectivity index (χ4v) is 2.71. The highest BCUT2D eigenvalue weighted by Crippen LogP contribution is 2.26. The second-order valence-corrected chi connectivity index (χ2v) is 5.30. The normalized spacial score (nSPS) is 10.8. The average molecular weight is 286 g/mol. The van der Waals surface area contributed by atoms with Gasteiger partial charge in [0.15, 0.2) is 5.43 Å². The number of benzene rings is 1. The molecule has 0 saturated heterocycles. The van der Waals surface area contributed by atoms with Crippen LogP contribution in [0.2, 0.25) is 0 Å². The van der Waals surface area contributed by atoms with E-state index in [1.807, 2.05) is 17.5 Å². The predicted octanol–water partition coefficient (Wildman–Crippen LogP) is 3.15. The van der Waals surface area contributed by atoms with Crippen molar-refractivity contribution in [3.05, 3.63) is 57.6 Å². The molecule has 0 aliphatic carbocycles. The summed E-state index contributed by atoms with van der Waals surface area (Å²) >= 11 is 1.49. The third-order valence-electron chi connectivity index (χ3n) is 2.91. The van der Waals surface area contributed by atoms with Crippen LogP contribution in [0, 0.1) is 0 Å². The standard InChI is InChI=1S/C15H10O4S/c16-11-8-13(14-2-1-5-20-14)19-12-4-3-9(6-10(11)12)7-15(17)18/h1-6,8H,7H2,(H,17,18). The van der Waals surface area contributed by atoms with Gasteiger partial charge in [0, 0.05) is 6.07 Å². The van der Waals surface area contributed by atoms with E-state index in [1.165, 1.54) is 17.4 Å². The van der Waals surface area contributed by atoms with Gasteiger partial charge in [0.1, 0.15) is 11.3 Å². The number of fused-ring (bicyclic) bond motifs is 1. The first-order chi connectivity index (χ1) is 9.63. The predicted molar refractivity (Wildman–Crippen MR) is 77.1 cm³/mol. The number of aliphatic carboxylic acids is 1. The van der Waals surface area contributed by atoms with Gasteiger partial charge >= 0.3 is 5.97 Å². The molecule has 20 heavy (non-hydrogen) atoms. The molecule has 0 atom stereocenters. The van der Waals surface area contributed by atoms with Crippen LogP contribution in [0.25, 0.3) is 21.6 Å². The van der Waals surface area contributed by atoms with Gasteiger partial charge in [-0.3, -0.25) is 9.59 Å². The van der Waals surface area contributed by atoms with Crippen molar-refractivity contribution in [3.8, 4) is 10.6 Å². The quantitative estimate of drug-likeness (QED) is 0.803. The van der Waals surface area contributed by atoms with E-state index in [1.54, 1.807) is 18.2 Å². The minimum Gasteiger partial charge on any atom is -0.481 e. The van der Waals surface area contributed by atoms with Gasteiger partial charge in [0.25, 0.3) is 0 Å². The van der Waals surface area contributed by atoms with Crippen molar-refractivity contribution in [1.29, 1.82) is 0 Å². The van der Waals surface area contributed by atoms with Crippen LogP contribution in [-0.2, 0) is 11.2 Å². The molecule has 2 heterocycles. The van der Waals surface area contributed by atoms with Crippen molar-refractivity contribution in [2.24, 2.45) is 0 Å². The Bertz CT molecular complexity index is 831. The van der Waals surface area contributed by atoms with Gasteiger partial charge in [-0.25, -0.2) is 0 Å². The van der Waals surface area contributed by atoms with Gasteiger partial charge in [0.2, 0.25) is 0 Å². The lowest BCUT2D eigenvalue weighted by Crippen LogP contribution is -2.03. The molecule has 0 fully saturated rings. The zero-order valence-electron chi connectivity index (χ0n) is 10.3. The van der Waals surface area contributed by atoms with E-state index in [4.69, 9.17) is 9.52 Å².